The minimum atomic E-state index is -4.72. The Morgan fingerprint density at radius 3 is 1.48 bits per heavy atom. The second kappa shape index (κ2) is 39.5. The lowest BCUT2D eigenvalue weighted by molar-refractivity contribution is -0.161. The average Bonchev–Trinajstić information content (AvgIpc) is 3.17. The van der Waals surface area contributed by atoms with Crippen LogP contribution in [0.15, 0.2) is 36.5 Å². The molecule has 4 N–H and O–H groups in total. The van der Waals surface area contributed by atoms with E-state index in [2.05, 4.69) is 30.5 Å². The van der Waals surface area contributed by atoms with Crippen molar-refractivity contribution in [3.05, 3.63) is 36.5 Å². The molecular weight excluding hydrogens is 733 g/mol. The van der Waals surface area contributed by atoms with Gasteiger partial charge in [0.2, 0.25) is 0 Å². The molecule has 56 heavy (non-hydrogen) atoms. The number of nitrogens with two attached hydrogens (primary N) is 1. The van der Waals surface area contributed by atoms with Gasteiger partial charge in [0.15, 0.2) is 6.10 Å². The van der Waals surface area contributed by atoms with Crippen LogP contribution in [-0.2, 0) is 37.5 Å². The lowest BCUT2D eigenvalue weighted by atomic mass is 10.0. The van der Waals surface area contributed by atoms with Crippen LogP contribution >= 0.6 is 7.82 Å². The van der Waals surface area contributed by atoms with Crippen LogP contribution in [0.3, 0.4) is 0 Å². The Bertz CT molecular complexity index is 1100. The van der Waals surface area contributed by atoms with Crippen molar-refractivity contribution in [3.63, 3.8) is 0 Å². The van der Waals surface area contributed by atoms with Crippen molar-refractivity contribution in [1.29, 1.82) is 0 Å². The maximum absolute atomic E-state index is 12.6. The number of phosphoric acid groups is 1. The third-order valence-corrected chi connectivity index (χ3v) is 10.4. The average molecular weight is 814 g/mol. The molecule has 3 atom stereocenters. The molecule has 0 aromatic heterocycles. The Balaban J connectivity index is 4.30. The fourth-order valence-electron chi connectivity index (χ4n) is 6.01. The second-order valence-corrected chi connectivity index (χ2v) is 16.3. The predicted octanol–water partition coefficient (Wildman–Crippen LogP) is 11.6. The number of hydrogen-bond donors (Lipinski definition) is 3. The molecule has 0 rings (SSSR count). The molecule has 0 radical (unpaired) electrons. The summed E-state index contributed by atoms with van der Waals surface area (Å²) in [5, 5.41) is 8.88. The first-order valence-electron chi connectivity index (χ1n) is 22.0. The number of carboxylic acids is 1. The summed E-state index contributed by atoms with van der Waals surface area (Å²) in [4.78, 5) is 45.9. The highest BCUT2D eigenvalue weighted by molar-refractivity contribution is 7.47. The fourth-order valence-corrected chi connectivity index (χ4v) is 6.78. The summed E-state index contributed by atoms with van der Waals surface area (Å²) < 4.78 is 32.7. The van der Waals surface area contributed by atoms with Gasteiger partial charge < -0.3 is 25.2 Å². The minimum absolute atomic E-state index is 0.139. The number of rotatable bonds is 41. The number of allylic oxidation sites excluding steroid dienone is 6. The van der Waals surface area contributed by atoms with E-state index in [9.17, 15) is 23.8 Å². The monoisotopic (exact) mass is 814 g/mol. The summed E-state index contributed by atoms with van der Waals surface area (Å²) in [6, 6.07) is -1.52. The first-order valence-corrected chi connectivity index (χ1v) is 23.5. The molecule has 0 bridgehead atoms. The number of aliphatic carboxylic acids is 1. The predicted molar refractivity (Wildman–Crippen MR) is 226 cm³/mol. The third kappa shape index (κ3) is 38.6. The quantitative estimate of drug-likeness (QED) is 0.0232. The molecule has 0 aliphatic heterocycles. The van der Waals surface area contributed by atoms with E-state index in [4.69, 9.17) is 24.8 Å². The summed E-state index contributed by atoms with van der Waals surface area (Å²) in [6.07, 6.45) is 42.2. The van der Waals surface area contributed by atoms with E-state index in [1.165, 1.54) is 96.3 Å². The van der Waals surface area contributed by atoms with E-state index in [0.717, 1.165) is 57.8 Å². The zero-order valence-corrected chi connectivity index (χ0v) is 36.1. The van der Waals surface area contributed by atoms with Crippen LogP contribution in [0.2, 0.25) is 0 Å². The van der Waals surface area contributed by atoms with E-state index >= 15 is 0 Å². The smallest absolute Gasteiger partial charge is 0.472 e. The van der Waals surface area contributed by atoms with Crippen molar-refractivity contribution in [2.75, 3.05) is 19.8 Å². The number of unbranched alkanes of at least 4 members (excludes halogenated alkanes) is 23. The standard InChI is InChI=1S/C44H80NO10P/c1-3-5-7-9-11-13-15-17-18-19-20-21-22-24-25-27-29-31-33-35-42(46)52-37-40(38-53-56(50,51)54-39-41(45)44(48)49)55-43(47)36-34-32-30-28-26-23-16-14-12-10-8-6-4-2/h6,8,10,12,14,16,40-41H,3-5,7,9,11,13,15,17-39,45H2,1-2H3,(H,48,49)(H,50,51)/b8-6+,12-10+,16-14+/t40?,41-/m1/s1. The zero-order valence-electron chi connectivity index (χ0n) is 35.2. The Morgan fingerprint density at radius 1 is 0.571 bits per heavy atom. The van der Waals surface area contributed by atoms with Crippen LogP contribution < -0.4 is 5.73 Å². The number of carbonyl (C=O) groups excluding carboxylic acids is 2. The molecule has 2 unspecified atom stereocenters. The molecule has 0 spiro atoms. The molecule has 326 valence electrons. The lowest BCUT2D eigenvalue weighted by Crippen LogP contribution is -2.34. The summed E-state index contributed by atoms with van der Waals surface area (Å²) >= 11 is 0. The van der Waals surface area contributed by atoms with Gasteiger partial charge in [0.1, 0.15) is 12.6 Å². The van der Waals surface area contributed by atoms with Crippen LogP contribution in [0.5, 0.6) is 0 Å². The summed E-state index contributed by atoms with van der Waals surface area (Å²) in [6.45, 7) is 2.66. The van der Waals surface area contributed by atoms with Crippen molar-refractivity contribution in [1.82, 2.24) is 0 Å². The molecule has 12 heteroatoms. The van der Waals surface area contributed by atoms with Crippen LogP contribution in [0, 0.1) is 0 Å². The number of phosphoric ester groups is 1. The van der Waals surface area contributed by atoms with Gasteiger partial charge in [-0.1, -0.05) is 185 Å². The second-order valence-electron chi connectivity index (χ2n) is 14.9. The first-order chi connectivity index (χ1) is 27.1. The van der Waals surface area contributed by atoms with Crippen molar-refractivity contribution >= 4 is 25.7 Å². The van der Waals surface area contributed by atoms with Gasteiger partial charge in [-0.15, -0.1) is 0 Å². The molecule has 0 amide bonds. The van der Waals surface area contributed by atoms with Gasteiger partial charge in [-0.3, -0.25) is 23.4 Å². The number of carbonyl (C=O) groups is 3. The molecular formula is C44H80NO10P. The summed E-state index contributed by atoms with van der Waals surface area (Å²) in [5.41, 5.74) is 5.33. The van der Waals surface area contributed by atoms with Gasteiger partial charge in [0.25, 0.3) is 0 Å². The Morgan fingerprint density at radius 2 is 1.00 bits per heavy atom. The zero-order chi connectivity index (χ0) is 41.4. The van der Waals surface area contributed by atoms with E-state index < -0.39 is 51.1 Å². The van der Waals surface area contributed by atoms with Crippen LogP contribution in [0.4, 0.5) is 0 Å². The van der Waals surface area contributed by atoms with Gasteiger partial charge in [-0.05, 0) is 32.1 Å². The maximum atomic E-state index is 12.6. The maximum Gasteiger partial charge on any atom is 0.472 e. The van der Waals surface area contributed by atoms with Crippen molar-refractivity contribution in [2.24, 2.45) is 5.73 Å². The SMILES string of the molecule is CC/C=C/C=C/C=C/CCCCCCCC(=O)OC(COC(=O)CCCCCCCCCCCCCCCCCCCCC)COP(=O)(O)OC[C@@H](N)C(=O)O. The number of carboxylic acid groups (broad SMARTS) is 1. The Kier molecular flexibility index (Phi) is 37.9. The molecule has 0 fully saturated rings. The van der Waals surface area contributed by atoms with Crippen molar-refractivity contribution in [2.45, 2.75) is 206 Å². The van der Waals surface area contributed by atoms with Crippen LogP contribution in [-0.4, -0.2) is 59.9 Å². The van der Waals surface area contributed by atoms with Gasteiger partial charge in [0.05, 0.1) is 13.2 Å². The molecule has 0 aliphatic carbocycles. The fraction of sp³-hybridized carbons (Fsp3) is 0.795. The molecule has 0 aliphatic rings. The van der Waals surface area contributed by atoms with Crippen LogP contribution in [0.25, 0.3) is 0 Å². The van der Waals surface area contributed by atoms with Gasteiger partial charge in [-0.25, -0.2) is 4.57 Å². The molecule has 0 heterocycles. The van der Waals surface area contributed by atoms with Gasteiger partial charge in [0, 0.05) is 12.8 Å². The van der Waals surface area contributed by atoms with Gasteiger partial charge in [-0.2, -0.15) is 0 Å². The normalized spacial score (nSPS) is 14.1. The van der Waals surface area contributed by atoms with E-state index in [1.54, 1.807) is 0 Å². The van der Waals surface area contributed by atoms with E-state index in [0.29, 0.717) is 12.8 Å². The highest BCUT2D eigenvalue weighted by Gasteiger charge is 2.28. The summed E-state index contributed by atoms with van der Waals surface area (Å²) in [5.74, 6) is -2.40. The van der Waals surface area contributed by atoms with E-state index in [-0.39, 0.29) is 19.4 Å². The van der Waals surface area contributed by atoms with Crippen molar-refractivity contribution in [3.8, 4) is 0 Å². The molecule has 11 nitrogen and oxygen atoms in total. The number of esters is 2. The number of ether oxygens (including phenoxy) is 2. The topological polar surface area (TPSA) is 172 Å². The molecule has 0 aromatic carbocycles. The van der Waals surface area contributed by atoms with Crippen molar-refractivity contribution < 1.29 is 47.5 Å². The highest BCUT2D eigenvalue weighted by atomic mass is 31.2. The molecule has 0 saturated carbocycles. The van der Waals surface area contributed by atoms with Gasteiger partial charge >= 0.3 is 25.7 Å². The molecule has 0 aromatic rings. The first kappa shape index (κ1) is 53.7. The Hall–Kier alpha value is -2.30. The van der Waals surface area contributed by atoms with E-state index in [1.807, 2.05) is 24.3 Å². The largest absolute Gasteiger partial charge is 0.480 e. The Labute approximate surface area is 340 Å². The lowest BCUT2D eigenvalue weighted by Gasteiger charge is -2.20. The third-order valence-electron chi connectivity index (χ3n) is 9.46. The minimum Gasteiger partial charge on any atom is -0.480 e. The van der Waals surface area contributed by atoms with Crippen LogP contribution in [0.1, 0.15) is 194 Å². The molecule has 0 saturated heterocycles. The highest BCUT2D eigenvalue weighted by Crippen LogP contribution is 2.43. The summed E-state index contributed by atoms with van der Waals surface area (Å²) in [7, 11) is -4.72. The number of hydrogen-bond acceptors (Lipinski definition) is 9.